The van der Waals surface area contributed by atoms with Gasteiger partial charge in [-0.1, -0.05) is 168 Å². The minimum absolute atomic E-state index is 0.0538. The molecule has 0 bridgehead atoms. The lowest BCUT2D eigenvalue weighted by atomic mass is 9.58. The van der Waals surface area contributed by atoms with Gasteiger partial charge in [-0.05, 0) is 45.4 Å². The zero-order chi connectivity index (χ0) is 32.3. The molecule has 1 N–H and O–H groups in total. The molecule has 4 aromatic rings. The van der Waals surface area contributed by atoms with Crippen LogP contribution in [0, 0.1) is 35.0 Å². The zero-order valence-electron chi connectivity index (χ0n) is 27.1. The second kappa shape index (κ2) is 14.7. The van der Waals surface area contributed by atoms with Gasteiger partial charge in [0.2, 0.25) is 5.91 Å². The molecule has 0 aromatic heterocycles. The summed E-state index contributed by atoms with van der Waals surface area (Å²) in [6.45, 7) is 10.7. The van der Waals surface area contributed by atoms with Gasteiger partial charge in [0.15, 0.2) is 0 Å². The Kier molecular flexibility index (Phi) is 10.8. The molecule has 0 aliphatic heterocycles. The van der Waals surface area contributed by atoms with Crippen molar-refractivity contribution in [2.75, 3.05) is 6.54 Å². The van der Waals surface area contributed by atoms with Crippen LogP contribution in [0.1, 0.15) is 69.7 Å². The number of hydrogen-bond acceptors (Lipinski definition) is 2. The highest BCUT2D eigenvalue weighted by Gasteiger charge is 2.51. The molecular formula is C42H43NO2. The number of ketones is 1. The van der Waals surface area contributed by atoms with Gasteiger partial charge in [-0.3, -0.25) is 9.59 Å². The van der Waals surface area contributed by atoms with Gasteiger partial charge >= 0.3 is 0 Å². The minimum Gasteiger partial charge on any atom is -0.344 e. The highest BCUT2D eigenvalue weighted by Crippen LogP contribution is 2.47. The molecule has 0 radical (unpaired) electrons. The van der Waals surface area contributed by atoms with Crippen LogP contribution < -0.4 is 5.32 Å². The molecule has 228 valence electrons. The largest absolute Gasteiger partial charge is 0.344 e. The Morgan fingerprint density at radius 3 is 1.42 bits per heavy atom. The summed E-state index contributed by atoms with van der Waals surface area (Å²) >= 11 is 0. The normalized spacial score (nSPS) is 11.5. The van der Waals surface area contributed by atoms with Crippen molar-refractivity contribution in [3.05, 3.63) is 144 Å². The molecule has 0 fully saturated rings. The third-order valence-corrected chi connectivity index (χ3v) is 8.70. The van der Waals surface area contributed by atoms with Crippen LogP contribution in [-0.2, 0) is 20.4 Å². The summed E-state index contributed by atoms with van der Waals surface area (Å²) in [5.74, 6) is 11.9. The molecule has 3 heteroatoms. The monoisotopic (exact) mass is 593 g/mol. The Labute approximate surface area is 269 Å². The number of hydrogen-bond donors (Lipinski definition) is 1. The Morgan fingerprint density at radius 1 is 0.622 bits per heavy atom. The smallest absolute Gasteiger partial charge is 0.236 e. The molecule has 0 unspecified atom stereocenters. The number of benzene rings is 4. The van der Waals surface area contributed by atoms with Gasteiger partial charge in [0.25, 0.3) is 0 Å². The van der Waals surface area contributed by atoms with Crippen molar-refractivity contribution in [2.24, 2.45) is 11.3 Å². The standard InChI is InChI=1S/C42H43NO2/c1-33(2)41(34-23-13-9-14-24-34,35-25-15-10-16-26-35)38(44)31-21-7-6-8-22-32-43-39(45)42(40(3,4)5,36-27-17-11-18-28-36)37-29-19-12-20-30-37/h9-20,23-30,33H,21,31-32H2,1-5H3,(H,43,45). The molecule has 0 spiro atoms. The molecule has 4 rings (SSSR count). The lowest BCUT2D eigenvalue weighted by molar-refractivity contribution is -0.128. The molecule has 0 saturated heterocycles. The van der Waals surface area contributed by atoms with E-state index in [1.165, 1.54) is 0 Å². The van der Waals surface area contributed by atoms with E-state index in [4.69, 9.17) is 0 Å². The van der Waals surface area contributed by atoms with Crippen molar-refractivity contribution in [3.63, 3.8) is 0 Å². The molecule has 1 amide bonds. The summed E-state index contributed by atoms with van der Waals surface area (Å²) < 4.78 is 0. The van der Waals surface area contributed by atoms with Gasteiger partial charge in [0, 0.05) is 12.8 Å². The molecule has 0 heterocycles. The Morgan fingerprint density at radius 2 is 1.02 bits per heavy atom. The van der Waals surface area contributed by atoms with E-state index < -0.39 is 16.2 Å². The van der Waals surface area contributed by atoms with Crippen LogP contribution >= 0.6 is 0 Å². The second-order valence-electron chi connectivity index (χ2n) is 12.6. The van der Waals surface area contributed by atoms with Crippen LogP contribution in [0.3, 0.4) is 0 Å². The van der Waals surface area contributed by atoms with E-state index in [9.17, 15) is 9.59 Å². The first-order valence-electron chi connectivity index (χ1n) is 15.7. The maximum Gasteiger partial charge on any atom is 0.236 e. The molecule has 0 atom stereocenters. The van der Waals surface area contributed by atoms with Crippen LogP contribution in [0.15, 0.2) is 121 Å². The van der Waals surface area contributed by atoms with E-state index in [0.29, 0.717) is 12.8 Å². The SMILES string of the molecule is CC(C)C(C(=O)CCC#CC#CCNC(=O)C(c1ccccc1)(c1ccccc1)C(C)(C)C)(c1ccccc1)c1ccccc1. The summed E-state index contributed by atoms with van der Waals surface area (Å²) in [6.07, 6.45) is 0.721. The van der Waals surface area contributed by atoms with E-state index in [-0.39, 0.29) is 24.2 Å². The summed E-state index contributed by atoms with van der Waals surface area (Å²) in [7, 11) is 0. The van der Waals surface area contributed by atoms with Crippen LogP contribution in [0.4, 0.5) is 0 Å². The molecular weight excluding hydrogens is 550 g/mol. The van der Waals surface area contributed by atoms with Gasteiger partial charge in [0.1, 0.15) is 11.2 Å². The van der Waals surface area contributed by atoms with Gasteiger partial charge in [-0.2, -0.15) is 0 Å². The van der Waals surface area contributed by atoms with Crippen molar-refractivity contribution < 1.29 is 9.59 Å². The fourth-order valence-electron chi connectivity index (χ4n) is 6.72. The molecule has 0 aliphatic carbocycles. The summed E-state index contributed by atoms with van der Waals surface area (Å²) in [4.78, 5) is 28.0. The van der Waals surface area contributed by atoms with E-state index in [2.05, 4.69) is 63.6 Å². The topological polar surface area (TPSA) is 46.2 Å². The quantitative estimate of drug-likeness (QED) is 0.189. The third kappa shape index (κ3) is 6.79. The lowest BCUT2D eigenvalue weighted by Crippen LogP contribution is -2.53. The molecule has 4 aromatic carbocycles. The summed E-state index contributed by atoms with van der Waals surface area (Å²) in [5.41, 5.74) is 1.77. The third-order valence-electron chi connectivity index (χ3n) is 8.70. The molecule has 0 aliphatic rings. The van der Waals surface area contributed by atoms with Crippen molar-refractivity contribution >= 4 is 11.7 Å². The Hall–Kier alpha value is -4.86. The van der Waals surface area contributed by atoms with Crippen LogP contribution in [0.5, 0.6) is 0 Å². The highest BCUT2D eigenvalue weighted by atomic mass is 16.2. The van der Waals surface area contributed by atoms with Gasteiger partial charge in [-0.15, -0.1) is 0 Å². The van der Waals surface area contributed by atoms with Crippen molar-refractivity contribution in [2.45, 2.75) is 58.3 Å². The van der Waals surface area contributed by atoms with Crippen LogP contribution in [-0.4, -0.2) is 18.2 Å². The fourth-order valence-corrected chi connectivity index (χ4v) is 6.72. The van der Waals surface area contributed by atoms with E-state index in [0.717, 1.165) is 22.3 Å². The number of Topliss-reactive ketones (excluding diaryl/α,β-unsaturated/α-hetero) is 1. The average molecular weight is 594 g/mol. The maximum atomic E-state index is 14.1. The van der Waals surface area contributed by atoms with Crippen LogP contribution in [0.2, 0.25) is 0 Å². The predicted molar refractivity (Wildman–Crippen MR) is 184 cm³/mol. The van der Waals surface area contributed by atoms with Crippen molar-refractivity contribution in [1.29, 1.82) is 0 Å². The van der Waals surface area contributed by atoms with Gasteiger partial charge < -0.3 is 5.32 Å². The first-order valence-corrected chi connectivity index (χ1v) is 15.7. The van der Waals surface area contributed by atoms with Gasteiger partial charge in [-0.25, -0.2) is 0 Å². The number of carbonyl (C=O) groups excluding carboxylic acids is 2. The number of nitrogens with one attached hydrogen (secondary N) is 1. The molecule has 0 saturated carbocycles. The fraction of sp³-hybridized carbons (Fsp3) is 0.286. The summed E-state index contributed by atoms with van der Waals surface area (Å²) in [5, 5.41) is 3.07. The van der Waals surface area contributed by atoms with E-state index in [1.54, 1.807) is 0 Å². The average Bonchev–Trinajstić information content (AvgIpc) is 3.04. The first kappa shape index (κ1) is 33.0. The predicted octanol–water partition coefficient (Wildman–Crippen LogP) is 8.13. The van der Waals surface area contributed by atoms with Crippen LogP contribution in [0.25, 0.3) is 0 Å². The first-order chi connectivity index (χ1) is 21.7. The molecule has 45 heavy (non-hydrogen) atoms. The van der Waals surface area contributed by atoms with Gasteiger partial charge in [0.05, 0.1) is 12.0 Å². The number of amides is 1. The second-order valence-corrected chi connectivity index (χ2v) is 12.6. The zero-order valence-corrected chi connectivity index (χ0v) is 27.1. The highest BCUT2D eigenvalue weighted by molar-refractivity contribution is 5.94. The maximum absolute atomic E-state index is 14.1. The van der Waals surface area contributed by atoms with E-state index >= 15 is 0 Å². The molecule has 3 nitrogen and oxygen atoms in total. The van der Waals surface area contributed by atoms with E-state index in [1.807, 2.05) is 121 Å². The Bertz CT molecular complexity index is 1600. The number of carbonyl (C=O) groups is 2. The van der Waals surface area contributed by atoms with Crippen molar-refractivity contribution in [1.82, 2.24) is 5.32 Å². The Balaban J connectivity index is 1.48. The minimum atomic E-state index is -0.913. The lowest BCUT2D eigenvalue weighted by Gasteiger charge is -2.44. The van der Waals surface area contributed by atoms with Crippen molar-refractivity contribution in [3.8, 4) is 23.7 Å². The summed E-state index contributed by atoms with van der Waals surface area (Å²) in [6, 6.07) is 39.9. The number of rotatable bonds is 10.